The number of halogens is 1. The number of piperazine rings is 1. The average Bonchev–Trinajstić information content (AvgIpc) is 3.16. The van der Waals surface area contributed by atoms with Crippen LogP contribution in [0.25, 0.3) is 16.2 Å². The lowest BCUT2D eigenvalue weighted by molar-refractivity contribution is 0.312. The molecule has 0 bridgehead atoms. The van der Waals surface area contributed by atoms with Crippen LogP contribution in [-0.4, -0.2) is 57.7 Å². The predicted molar refractivity (Wildman–Crippen MR) is 91.5 cm³/mol. The number of fused-ring (bicyclic) bond motifs is 1. The molecule has 0 unspecified atom stereocenters. The van der Waals surface area contributed by atoms with E-state index in [0.29, 0.717) is 0 Å². The van der Waals surface area contributed by atoms with Crippen LogP contribution in [0.2, 0.25) is 0 Å². The first kappa shape index (κ1) is 14.1. The maximum absolute atomic E-state index is 4.69. The molecule has 6 nitrogen and oxygen atoms in total. The van der Waals surface area contributed by atoms with Crippen molar-refractivity contribution in [2.75, 3.05) is 38.1 Å². The van der Waals surface area contributed by atoms with Gasteiger partial charge < -0.3 is 9.80 Å². The fourth-order valence-corrected chi connectivity index (χ4v) is 4.11. The molecular weight excluding hydrogens is 364 g/mol. The molecule has 114 valence electrons. The maximum Gasteiger partial charge on any atom is 0.204 e. The Balaban J connectivity index is 1.78. The fraction of sp³-hybridized carbons (Fsp3) is 0.357. The van der Waals surface area contributed by atoms with Gasteiger partial charge in [0.1, 0.15) is 6.33 Å². The summed E-state index contributed by atoms with van der Waals surface area (Å²) in [4.78, 5) is 10.5. The van der Waals surface area contributed by atoms with Gasteiger partial charge in [0, 0.05) is 36.0 Å². The Hall–Kier alpha value is -1.51. The zero-order valence-electron chi connectivity index (χ0n) is 12.1. The van der Waals surface area contributed by atoms with Crippen molar-refractivity contribution in [3.63, 3.8) is 0 Å². The minimum absolute atomic E-state index is 0.826. The highest BCUT2D eigenvalue weighted by Gasteiger charge is 2.20. The summed E-state index contributed by atoms with van der Waals surface area (Å²) < 4.78 is 3.11. The van der Waals surface area contributed by atoms with Crippen LogP contribution in [0, 0.1) is 0 Å². The largest absolute Gasteiger partial charge is 0.351 e. The molecule has 0 atom stereocenters. The van der Waals surface area contributed by atoms with Crippen molar-refractivity contribution in [1.29, 1.82) is 0 Å². The number of hydrogen-bond acceptors (Lipinski definition) is 6. The van der Waals surface area contributed by atoms with Crippen molar-refractivity contribution in [1.82, 2.24) is 24.5 Å². The molecule has 0 aliphatic carbocycles. The van der Waals surface area contributed by atoms with E-state index in [4.69, 9.17) is 0 Å². The SMILES string of the molecule is CN1CCN(c2ncc(-c3cc(Br)cs3)n3cnnc23)CC1. The molecule has 0 spiro atoms. The lowest BCUT2D eigenvalue weighted by Gasteiger charge is -2.33. The fourth-order valence-electron chi connectivity index (χ4n) is 2.68. The standard InChI is InChI=1S/C14H15BrN6S/c1-19-2-4-20(5-3-19)13-14-18-17-9-21(14)11(7-16-13)12-6-10(15)8-22-12/h6-9H,2-5H2,1H3. The number of aromatic nitrogens is 4. The molecule has 4 rings (SSSR count). The second-order valence-electron chi connectivity index (χ2n) is 5.41. The summed E-state index contributed by atoms with van der Waals surface area (Å²) in [5, 5.41) is 10.5. The van der Waals surface area contributed by atoms with E-state index >= 15 is 0 Å². The van der Waals surface area contributed by atoms with Crippen molar-refractivity contribution >= 4 is 38.7 Å². The molecule has 3 aromatic rings. The number of nitrogens with zero attached hydrogens (tertiary/aromatic N) is 6. The number of rotatable bonds is 2. The van der Waals surface area contributed by atoms with Gasteiger partial charge in [0.05, 0.1) is 16.8 Å². The summed E-state index contributed by atoms with van der Waals surface area (Å²) in [7, 11) is 2.15. The van der Waals surface area contributed by atoms with Crippen LogP contribution in [0.15, 0.2) is 28.4 Å². The molecule has 0 radical (unpaired) electrons. The Morgan fingerprint density at radius 3 is 2.77 bits per heavy atom. The second-order valence-corrected chi connectivity index (χ2v) is 7.24. The van der Waals surface area contributed by atoms with Gasteiger partial charge in [0.25, 0.3) is 0 Å². The van der Waals surface area contributed by atoms with Crippen molar-refractivity contribution < 1.29 is 0 Å². The van der Waals surface area contributed by atoms with Crippen LogP contribution in [0.5, 0.6) is 0 Å². The topological polar surface area (TPSA) is 49.6 Å². The lowest BCUT2D eigenvalue weighted by atomic mass is 10.3. The van der Waals surface area contributed by atoms with Gasteiger partial charge in [-0.05, 0) is 29.0 Å². The maximum atomic E-state index is 4.69. The molecule has 0 amide bonds. The minimum Gasteiger partial charge on any atom is -0.351 e. The predicted octanol–water partition coefficient (Wildman–Crippen LogP) is 2.37. The van der Waals surface area contributed by atoms with E-state index in [9.17, 15) is 0 Å². The normalized spacial score (nSPS) is 16.5. The van der Waals surface area contributed by atoms with Gasteiger partial charge in [-0.15, -0.1) is 21.5 Å². The molecule has 22 heavy (non-hydrogen) atoms. The number of anilines is 1. The Bertz CT molecular complexity index is 805. The molecular formula is C14H15BrN6S. The van der Waals surface area contributed by atoms with Gasteiger partial charge in [-0.1, -0.05) is 0 Å². The van der Waals surface area contributed by atoms with E-state index in [1.54, 1.807) is 17.7 Å². The average molecular weight is 379 g/mol. The highest BCUT2D eigenvalue weighted by Crippen LogP contribution is 2.31. The van der Waals surface area contributed by atoms with Crippen molar-refractivity contribution in [3.05, 3.63) is 28.4 Å². The Kier molecular flexibility index (Phi) is 3.59. The van der Waals surface area contributed by atoms with Crippen molar-refractivity contribution in [2.24, 2.45) is 0 Å². The number of thiophene rings is 1. The van der Waals surface area contributed by atoms with E-state index in [1.165, 1.54) is 0 Å². The first-order valence-electron chi connectivity index (χ1n) is 7.09. The van der Waals surface area contributed by atoms with Gasteiger partial charge in [-0.3, -0.25) is 4.40 Å². The van der Waals surface area contributed by atoms with Crippen molar-refractivity contribution in [2.45, 2.75) is 0 Å². The summed E-state index contributed by atoms with van der Waals surface area (Å²) in [6.45, 7) is 4.02. The molecule has 8 heteroatoms. The van der Waals surface area contributed by atoms with E-state index in [-0.39, 0.29) is 0 Å². The summed E-state index contributed by atoms with van der Waals surface area (Å²) >= 11 is 5.18. The van der Waals surface area contributed by atoms with Crippen LogP contribution in [0.1, 0.15) is 0 Å². The van der Waals surface area contributed by atoms with E-state index in [0.717, 1.165) is 52.7 Å². The summed E-state index contributed by atoms with van der Waals surface area (Å²) in [5.41, 5.74) is 1.85. The summed E-state index contributed by atoms with van der Waals surface area (Å²) in [5.74, 6) is 0.921. The second kappa shape index (κ2) is 5.60. The van der Waals surface area contributed by atoms with Crippen LogP contribution in [0.3, 0.4) is 0 Å². The van der Waals surface area contributed by atoms with Crippen LogP contribution in [-0.2, 0) is 0 Å². The third-order valence-electron chi connectivity index (χ3n) is 3.94. The molecule has 1 saturated heterocycles. The summed E-state index contributed by atoms with van der Waals surface area (Å²) in [6.07, 6.45) is 3.68. The lowest BCUT2D eigenvalue weighted by Crippen LogP contribution is -2.45. The Labute approximate surface area is 140 Å². The smallest absolute Gasteiger partial charge is 0.204 e. The van der Waals surface area contributed by atoms with Crippen LogP contribution >= 0.6 is 27.3 Å². The van der Waals surface area contributed by atoms with Gasteiger partial charge in [-0.2, -0.15) is 0 Å². The molecule has 0 N–H and O–H groups in total. The van der Waals surface area contributed by atoms with Gasteiger partial charge >= 0.3 is 0 Å². The monoisotopic (exact) mass is 378 g/mol. The molecule has 0 saturated carbocycles. The van der Waals surface area contributed by atoms with Crippen LogP contribution < -0.4 is 4.90 Å². The Morgan fingerprint density at radius 2 is 2.05 bits per heavy atom. The molecule has 3 aromatic heterocycles. The minimum atomic E-state index is 0.826. The van der Waals surface area contributed by atoms with Crippen molar-refractivity contribution in [3.8, 4) is 10.6 Å². The highest BCUT2D eigenvalue weighted by atomic mass is 79.9. The van der Waals surface area contributed by atoms with Gasteiger partial charge in [0.15, 0.2) is 5.82 Å². The van der Waals surface area contributed by atoms with Gasteiger partial charge in [0.2, 0.25) is 5.65 Å². The molecule has 0 aromatic carbocycles. The van der Waals surface area contributed by atoms with Gasteiger partial charge in [-0.25, -0.2) is 4.98 Å². The molecule has 1 fully saturated rings. The van der Waals surface area contributed by atoms with E-state index in [2.05, 4.69) is 59.4 Å². The number of hydrogen-bond donors (Lipinski definition) is 0. The quantitative estimate of drug-likeness (QED) is 0.684. The summed E-state index contributed by atoms with van der Waals surface area (Å²) in [6, 6.07) is 2.09. The highest BCUT2D eigenvalue weighted by molar-refractivity contribution is 9.10. The zero-order valence-corrected chi connectivity index (χ0v) is 14.5. The zero-order chi connectivity index (χ0) is 15.1. The third-order valence-corrected chi connectivity index (χ3v) is 5.65. The first-order chi connectivity index (χ1) is 10.7. The van der Waals surface area contributed by atoms with E-state index < -0.39 is 0 Å². The Morgan fingerprint density at radius 1 is 1.23 bits per heavy atom. The van der Waals surface area contributed by atoms with Crippen LogP contribution in [0.4, 0.5) is 5.82 Å². The molecule has 1 aliphatic rings. The number of likely N-dealkylation sites (N-methyl/N-ethyl adjacent to an activating group) is 1. The first-order valence-corrected chi connectivity index (χ1v) is 8.76. The molecule has 1 aliphatic heterocycles. The van der Waals surface area contributed by atoms with E-state index in [1.807, 2.05) is 10.6 Å². The third kappa shape index (κ3) is 2.41. The molecule has 4 heterocycles.